The molecule has 138 valence electrons. The Morgan fingerprint density at radius 2 is 1.67 bits per heavy atom. The van der Waals surface area contributed by atoms with Crippen LogP contribution in [0.1, 0.15) is 12.8 Å². The summed E-state index contributed by atoms with van der Waals surface area (Å²) in [5, 5.41) is 5.75. The van der Waals surface area contributed by atoms with Crippen LogP contribution in [0, 0.1) is 5.92 Å². The van der Waals surface area contributed by atoms with E-state index in [1.165, 1.54) is 17.6 Å². The quantitative estimate of drug-likeness (QED) is 0.698. The number of thiazole rings is 1. The van der Waals surface area contributed by atoms with Crippen molar-refractivity contribution in [1.29, 1.82) is 0 Å². The van der Waals surface area contributed by atoms with Crippen LogP contribution < -0.4 is 5.32 Å². The van der Waals surface area contributed by atoms with E-state index < -0.39 is 9.84 Å². The topological polar surface area (TPSA) is 76.1 Å². The lowest BCUT2D eigenvalue weighted by molar-refractivity contribution is -0.117. The number of hydrogen-bond acceptors (Lipinski definition) is 5. The van der Waals surface area contributed by atoms with Gasteiger partial charge in [0.25, 0.3) is 0 Å². The molecule has 4 rings (SSSR count). The van der Waals surface area contributed by atoms with Crippen LogP contribution in [0.15, 0.2) is 58.8 Å². The summed E-state index contributed by atoms with van der Waals surface area (Å²) in [6.07, 6.45) is 3.16. The van der Waals surface area contributed by atoms with Gasteiger partial charge < -0.3 is 5.32 Å². The third kappa shape index (κ3) is 4.09. The summed E-state index contributed by atoms with van der Waals surface area (Å²) in [4.78, 5) is 16.8. The number of nitrogens with zero attached hydrogens (tertiary/aromatic N) is 1. The second-order valence-corrected chi connectivity index (χ2v) is 9.55. The summed E-state index contributed by atoms with van der Waals surface area (Å²) in [7, 11) is -3.20. The Kier molecular flexibility index (Phi) is 4.57. The number of sulfone groups is 1. The number of carbonyl (C=O) groups excluding carboxylic acids is 1. The first-order valence-corrected chi connectivity index (χ1v) is 11.3. The summed E-state index contributed by atoms with van der Waals surface area (Å²) in [5.41, 5.74) is 3.45. The van der Waals surface area contributed by atoms with Crippen molar-refractivity contribution in [3.8, 4) is 21.8 Å². The van der Waals surface area contributed by atoms with Gasteiger partial charge in [0.15, 0.2) is 9.84 Å². The molecular weight excluding hydrogens is 380 g/mol. The number of benzene rings is 2. The van der Waals surface area contributed by atoms with Gasteiger partial charge in [0, 0.05) is 34.4 Å². The predicted molar refractivity (Wildman–Crippen MR) is 107 cm³/mol. The number of rotatable bonds is 5. The maximum Gasteiger partial charge on any atom is 0.227 e. The van der Waals surface area contributed by atoms with Crippen LogP contribution in [0.25, 0.3) is 21.8 Å². The van der Waals surface area contributed by atoms with Crippen LogP contribution in [0.3, 0.4) is 0 Å². The van der Waals surface area contributed by atoms with Crippen LogP contribution >= 0.6 is 11.3 Å². The molecular formula is C20H18N2O3S2. The lowest BCUT2D eigenvalue weighted by atomic mass is 10.2. The van der Waals surface area contributed by atoms with Crippen molar-refractivity contribution in [2.45, 2.75) is 17.7 Å². The molecule has 0 atom stereocenters. The van der Waals surface area contributed by atoms with Gasteiger partial charge in [-0.05, 0) is 49.2 Å². The Morgan fingerprint density at radius 1 is 1.04 bits per heavy atom. The maximum absolute atomic E-state index is 11.8. The highest BCUT2D eigenvalue weighted by Gasteiger charge is 2.29. The van der Waals surface area contributed by atoms with Crippen molar-refractivity contribution in [3.05, 3.63) is 53.9 Å². The SMILES string of the molecule is CS(=O)(=O)c1ccc(-c2csc(-c3ccc(NC(=O)C4CC4)cc3)n2)cc1. The molecule has 27 heavy (non-hydrogen) atoms. The molecule has 2 aromatic carbocycles. The minimum atomic E-state index is -3.20. The predicted octanol–water partition coefficient (Wildman–Crippen LogP) is 4.23. The zero-order valence-electron chi connectivity index (χ0n) is 14.7. The zero-order chi connectivity index (χ0) is 19.0. The normalized spacial score (nSPS) is 14.1. The Labute approximate surface area is 162 Å². The molecule has 0 unspecified atom stereocenters. The van der Waals surface area contributed by atoms with Gasteiger partial charge >= 0.3 is 0 Å². The van der Waals surface area contributed by atoms with E-state index in [-0.39, 0.29) is 11.8 Å². The summed E-state index contributed by atoms with van der Waals surface area (Å²) < 4.78 is 23.1. The fourth-order valence-electron chi connectivity index (χ4n) is 2.70. The monoisotopic (exact) mass is 398 g/mol. The van der Waals surface area contributed by atoms with E-state index in [0.29, 0.717) is 4.90 Å². The van der Waals surface area contributed by atoms with Gasteiger partial charge in [-0.25, -0.2) is 13.4 Å². The minimum Gasteiger partial charge on any atom is -0.326 e. The highest BCUT2D eigenvalue weighted by molar-refractivity contribution is 7.90. The number of aromatic nitrogens is 1. The molecule has 1 heterocycles. The minimum absolute atomic E-state index is 0.0943. The first kappa shape index (κ1) is 17.9. The molecule has 1 amide bonds. The third-order valence-corrected chi connectivity index (χ3v) is 6.45. The van der Waals surface area contributed by atoms with Crippen LogP contribution in [0.2, 0.25) is 0 Å². The second-order valence-electron chi connectivity index (χ2n) is 6.68. The maximum atomic E-state index is 11.8. The molecule has 0 radical (unpaired) electrons. The van der Waals surface area contributed by atoms with Crippen molar-refractivity contribution in [2.75, 3.05) is 11.6 Å². The Balaban J connectivity index is 1.51. The number of carbonyl (C=O) groups is 1. The van der Waals surface area contributed by atoms with Gasteiger partial charge in [-0.2, -0.15) is 0 Å². The van der Waals surface area contributed by atoms with Gasteiger partial charge in [-0.15, -0.1) is 11.3 Å². The molecule has 1 aliphatic rings. The van der Waals surface area contributed by atoms with E-state index in [2.05, 4.69) is 10.3 Å². The van der Waals surface area contributed by atoms with Gasteiger partial charge in [-0.1, -0.05) is 12.1 Å². The van der Waals surface area contributed by atoms with Gasteiger partial charge in [0.2, 0.25) is 5.91 Å². The van der Waals surface area contributed by atoms with E-state index in [1.807, 2.05) is 29.6 Å². The largest absolute Gasteiger partial charge is 0.326 e. The average molecular weight is 399 g/mol. The van der Waals surface area contributed by atoms with Crippen molar-refractivity contribution in [3.63, 3.8) is 0 Å². The smallest absolute Gasteiger partial charge is 0.227 e. The summed E-state index contributed by atoms with van der Waals surface area (Å²) in [5.74, 6) is 0.275. The summed E-state index contributed by atoms with van der Waals surface area (Å²) in [6, 6.07) is 14.4. The van der Waals surface area contributed by atoms with Crippen molar-refractivity contribution >= 4 is 32.8 Å². The van der Waals surface area contributed by atoms with Crippen molar-refractivity contribution < 1.29 is 13.2 Å². The number of hydrogen-bond donors (Lipinski definition) is 1. The van der Waals surface area contributed by atoms with E-state index in [9.17, 15) is 13.2 Å². The molecule has 1 aromatic heterocycles. The van der Waals surface area contributed by atoms with E-state index >= 15 is 0 Å². The molecule has 1 aliphatic carbocycles. The van der Waals surface area contributed by atoms with Crippen LogP contribution in [0.5, 0.6) is 0 Å². The number of nitrogens with one attached hydrogen (secondary N) is 1. The highest BCUT2D eigenvalue weighted by Crippen LogP contribution is 2.32. The molecule has 0 saturated heterocycles. The molecule has 5 nitrogen and oxygen atoms in total. The Morgan fingerprint density at radius 3 is 2.26 bits per heavy atom. The summed E-state index contributed by atoms with van der Waals surface area (Å²) in [6.45, 7) is 0. The van der Waals surface area contributed by atoms with E-state index in [1.54, 1.807) is 24.3 Å². The molecule has 7 heteroatoms. The van der Waals surface area contributed by atoms with Crippen molar-refractivity contribution in [1.82, 2.24) is 4.98 Å². The number of anilines is 1. The Bertz CT molecular complexity index is 1080. The van der Waals surface area contributed by atoms with Crippen molar-refractivity contribution in [2.24, 2.45) is 5.92 Å². The number of amides is 1. The Hall–Kier alpha value is -2.51. The summed E-state index contributed by atoms with van der Waals surface area (Å²) >= 11 is 1.53. The zero-order valence-corrected chi connectivity index (χ0v) is 16.3. The van der Waals surface area contributed by atoms with Gasteiger partial charge in [-0.3, -0.25) is 4.79 Å². The fourth-order valence-corrected chi connectivity index (χ4v) is 4.16. The van der Waals surface area contributed by atoms with E-state index in [0.717, 1.165) is 40.4 Å². The van der Waals surface area contributed by atoms with Crippen LogP contribution in [0.4, 0.5) is 5.69 Å². The molecule has 1 saturated carbocycles. The fraction of sp³-hybridized carbons (Fsp3) is 0.200. The lowest BCUT2D eigenvalue weighted by Gasteiger charge is -2.04. The molecule has 0 spiro atoms. The van der Waals surface area contributed by atoms with Gasteiger partial charge in [0.05, 0.1) is 10.6 Å². The van der Waals surface area contributed by atoms with Crippen LogP contribution in [-0.4, -0.2) is 25.6 Å². The molecule has 0 bridgehead atoms. The molecule has 3 aromatic rings. The van der Waals surface area contributed by atoms with E-state index in [4.69, 9.17) is 0 Å². The average Bonchev–Trinajstić information content (AvgIpc) is 3.39. The molecule has 1 fully saturated rings. The first-order valence-electron chi connectivity index (χ1n) is 8.57. The first-order chi connectivity index (χ1) is 12.9. The standard InChI is InChI=1S/C20H18N2O3S2/c1-27(24,25)17-10-6-13(7-11-17)18-12-26-20(22-18)15-4-8-16(9-5-15)21-19(23)14-2-3-14/h4-12,14H,2-3H2,1H3,(H,21,23). The highest BCUT2D eigenvalue weighted by atomic mass is 32.2. The molecule has 0 aliphatic heterocycles. The molecule has 1 N–H and O–H groups in total. The van der Waals surface area contributed by atoms with Gasteiger partial charge in [0.1, 0.15) is 5.01 Å². The lowest BCUT2D eigenvalue weighted by Crippen LogP contribution is -2.12. The third-order valence-electron chi connectivity index (χ3n) is 4.43. The second kappa shape index (κ2) is 6.90. The van der Waals surface area contributed by atoms with Crippen LogP contribution in [-0.2, 0) is 14.6 Å².